The van der Waals surface area contributed by atoms with Crippen LogP contribution in [0.15, 0.2) is 90.0 Å². The number of aryl methyl sites for hydroxylation is 1. The van der Waals surface area contributed by atoms with Gasteiger partial charge in [0.1, 0.15) is 5.69 Å². The number of hydrogen-bond acceptors (Lipinski definition) is 5. The number of hydrogen-bond donors (Lipinski definition) is 2. The number of anilines is 2. The lowest BCUT2D eigenvalue weighted by Crippen LogP contribution is -2.00. The van der Waals surface area contributed by atoms with Gasteiger partial charge in [-0.1, -0.05) is 12.1 Å². The largest absolute Gasteiger partial charge is 0.478 e. The molecule has 0 aliphatic carbocycles. The molecule has 8 nitrogen and oxygen atoms in total. The zero-order valence-electron chi connectivity index (χ0n) is 16.1. The number of nitrogens with one attached hydrogen (secondary N) is 1. The lowest BCUT2D eigenvalue weighted by atomic mass is 10.1. The van der Waals surface area contributed by atoms with Gasteiger partial charge in [-0.05, 0) is 48.0 Å². The molecular formula is C22H19N3O5. The first-order valence-electron chi connectivity index (χ1n) is 8.92. The molecule has 0 atom stereocenters. The summed E-state index contributed by atoms with van der Waals surface area (Å²) < 4.78 is 6.99. The van der Waals surface area contributed by atoms with Crippen LogP contribution in [0, 0.1) is 10.1 Å². The van der Waals surface area contributed by atoms with E-state index in [2.05, 4.69) is 5.32 Å². The lowest BCUT2D eigenvalue weighted by molar-refractivity contribution is -0.383. The summed E-state index contributed by atoms with van der Waals surface area (Å²) in [4.78, 5) is 21.9. The van der Waals surface area contributed by atoms with Crippen LogP contribution >= 0.6 is 0 Å². The number of nitro benzene ring substituents is 1. The fraction of sp³-hybridized carbons (Fsp3) is 0.0455. The fourth-order valence-electron chi connectivity index (χ4n) is 2.70. The molecule has 0 saturated carbocycles. The minimum Gasteiger partial charge on any atom is -0.478 e. The van der Waals surface area contributed by atoms with E-state index in [4.69, 9.17) is 9.52 Å². The summed E-state index contributed by atoms with van der Waals surface area (Å²) in [5.74, 6) is -1.07. The van der Waals surface area contributed by atoms with Gasteiger partial charge in [0.2, 0.25) is 0 Å². The molecule has 8 heteroatoms. The molecule has 2 aromatic carbocycles. The summed E-state index contributed by atoms with van der Waals surface area (Å²) in [5.41, 5.74) is 2.09. The van der Waals surface area contributed by atoms with E-state index in [0.717, 1.165) is 5.56 Å². The predicted octanol–water partition coefficient (Wildman–Crippen LogP) is 5.32. The normalized spacial score (nSPS) is 10.0. The van der Waals surface area contributed by atoms with Gasteiger partial charge in [0.25, 0.3) is 5.69 Å². The summed E-state index contributed by atoms with van der Waals surface area (Å²) in [6, 6.07) is 16.5. The van der Waals surface area contributed by atoms with Gasteiger partial charge in [-0.15, -0.1) is 0 Å². The molecule has 0 radical (unpaired) electrons. The maximum Gasteiger partial charge on any atom is 0.335 e. The Morgan fingerprint density at radius 2 is 1.83 bits per heavy atom. The first-order valence-corrected chi connectivity index (χ1v) is 8.92. The third-order valence-corrected chi connectivity index (χ3v) is 4.19. The van der Waals surface area contributed by atoms with E-state index >= 15 is 0 Å². The van der Waals surface area contributed by atoms with Crippen molar-refractivity contribution in [2.75, 3.05) is 5.32 Å². The molecule has 4 aromatic rings. The maximum atomic E-state index is 11.4. The average molecular weight is 405 g/mol. The molecule has 0 spiro atoms. The average Bonchev–Trinajstić information content (AvgIpc) is 3.43. The number of aromatic carboxylic acids is 1. The second-order valence-corrected chi connectivity index (χ2v) is 6.36. The number of nitrogens with zero attached hydrogens (tertiary/aromatic N) is 2. The summed E-state index contributed by atoms with van der Waals surface area (Å²) in [6.45, 7) is 0. The van der Waals surface area contributed by atoms with Crippen LogP contribution in [0.3, 0.4) is 0 Å². The SMILES string of the molecule is Cn1cccc1.O=C(O)c1cccc(Nc2ccc(-c3ccoc3)cc2[N+](=O)[O-])c1. The van der Waals surface area contributed by atoms with Gasteiger partial charge < -0.3 is 19.4 Å². The van der Waals surface area contributed by atoms with Crippen molar-refractivity contribution in [3.05, 3.63) is 101 Å². The third kappa shape index (κ3) is 5.14. The van der Waals surface area contributed by atoms with Crippen LogP contribution in [0.25, 0.3) is 11.1 Å². The Hall–Kier alpha value is -4.33. The standard InChI is InChI=1S/C17H12N2O5.C5H7N/c20-17(21)12-2-1-3-14(8-12)18-15-5-4-11(9-16(15)19(22)23)13-6-7-24-10-13;1-6-4-2-3-5-6/h1-10,18H,(H,20,21);2-5H,1H3. The first-order chi connectivity index (χ1) is 14.4. The second-order valence-electron chi connectivity index (χ2n) is 6.36. The van der Waals surface area contributed by atoms with Crippen LogP contribution in [0.5, 0.6) is 0 Å². The van der Waals surface area contributed by atoms with Crippen molar-refractivity contribution in [2.45, 2.75) is 0 Å². The molecule has 0 saturated heterocycles. The molecule has 2 N–H and O–H groups in total. The summed E-state index contributed by atoms with van der Waals surface area (Å²) >= 11 is 0. The highest BCUT2D eigenvalue weighted by Gasteiger charge is 2.16. The Kier molecular flexibility index (Phi) is 6.29. The van der Waals surface area contributed by atoms with Crippen LogP contribution in [-0.4, -0.2) is 20.6 Å². The van der Waals surface area contributed by atoms with Crippen molar-refractivity contribution in [1.29, 1.82) is 0 Å². The zero-order chi connectivity index (χ0) is 21.5. The van der Waals surface area contributed by atoms with Gasteiger partial charge in [0.05, 0.1) is 23.0 Å². The minimum absolute atomic E-state index is 0.0951. The highest BCUT2D eigenvalue weighted by molar-refractivity contribution is 5.89. The van der Waals surface area contributed by atoms with E-state index in [1.807, 2.05) is 36.1 Å². The van der Waals surface area contributed by atoms with Crippen molar-refractivity contribution in [2.24, 2.45) is 7.05 Å². The Morgan fingerprint density at radius 3 is 2.40 bits per heavy atom. The molecule has 0 amide bonds. The molecule has 2 heterocycles. The molecule has 0 unspecified atom stereocenters. The van der Waals surface area contributed by atoms with E-state index in [1.165, 1.54) is 30.7 Å². The highest BCUT2D eigenvalue weighted by atomic mass is 16.6. The fourth-order valence-corrected chi connectivity index (χ4v) is 2.70. The number of benzene rings is 2. The number of aromatic nitrogens is 1. The van der Waals surface area contributed by atoms with Crippen LogP contribution in [0.1, 0.15) is 10.4 Å². The first kappa shape index (κ1) is 20.4. The van der Waals surface area contributed by atoms with Crippen molar-refractivity contribution in [3.63, 3.8) is 0 Å². The van der Waals surface area contributed by atoms with E-state index in [-0.39, 0.29) is 16.9 Å². The number of carboxylic acid groups (broad SMARTS) is 1. The Labute approximate surface area is 172 Å². The van der Waals surface area contributed by atoms with E-state index < -0.39 is 10.9 Å². The van der Waals surface area contributed by atoms with Crippen LogP contribution in [-0.2, 0) is 7.05 Å². The Bertz CT molecular complexity index is 1140. The van der Waals surface area contributed by atoms with E-state index in [9.17, 15) is 14.9 Å². The van der Waals surface area contributed by atoms with Gasteiger partial charge in [0, 0.05) is 36.8 Å². The van der Waals surface area contributed by atoms with Crippen LogP contribution < -0.4 is 5.32 Å². The van der Waals surface area contributed by atoms with Gasteiger partial charge in [-0.25, -0.2) is 4.79 Å². The predicted molar refractivity (Wildman–Crippen MR) is 113 cm³/mol. The van der Waals surface area contributed by atoms with Crippen molar-refractivity contribution in [3.8, 4) is 11.1 Å². The summed E-state index contributed by atoms with van der Waals surface area (Å²) in [6.07, 6.45) is 6.99. The summed E-state index contributed by atoms with van der Waals surface area (Å²) in [5, 5.41) is 23.3. The van der Waals surface area contributed by atoms with Crippen LogP contribution in [0.4, 0.5) is 17.1 Å². The molecule has 0 fully saturated rings. The van der Waals surface area contributed by atoms with Crippen LogP contribution in [0.2, 0.25) is 0 Å². The van der Waals surface area contributed by atoms with Gasteiger partial charge in [0.15, 0.2) is 0 Å². The third-order valence-electron chi connectivity index (χ3n) is 4.19. The quantitative estimate of drug-likeness (QED) is 0.343. The van der Waals surface area contributed by atoms with Crippen molar-refractivity contribution < 1.29 is 19.2 Å². The van der Waals surface area contributed by atoms with Crippen molar-refractivity contribution in [1.82, 2.24) is 4.57 Å². The number of carboxylic acids is 1. The number of rotatable bonds is 5. The molecule has 4 rings (SSSR count). The van der Waals surface area contributed by atoms with Gasteiger partial charge in [-0.2, -0.15) is 0 Å². The molecular weight excluding hydrogens is 386 g/mol. The Morgan fingerprint density at radius 1 is 1.07 bits per heavy atom. The molecule has 2 aromatic heterocycles. The monoisotopic (exact) mass is 405 g/mol. The molecule has 152 valence electrons. The topological polar surface area (TPSA) is 111 Å². The second kappa shape index (κ2) is 9.24. The van der Waals surface area contributed by atoms with Crippen molar-refractivity contribution >= 4 is 23.0 Å². The smallest absolute Gasteiger partial charge is 0.335 e. The number of carbonyl (C=O) groups is 1. The Balaban J connectivity index is 0.000000367. The molecule has 0 aliphatic heterocycles. The van der Waals surface area contributed by atoms with Gasteiger partial charge in [-0.3, -0.25) is 10.1 Å². The van der Waals surface area contributed by atoms with E-state index in [0.29, 0.717) is 11.3 Å². The van der Waals surface area contributed by atoms with Gasteiger partial charge >= 0.3 is 5.97 Å². The van der Waals surface area contributed by atoms with E-state index in [1.54, 1.807) is 30.3 Å². The number of furan rings is 1. The lowest BCUT2D eigenvalue weighted by Gasteiger charge is -2.09. The highest BCUT2D eigenvalue weighted by Crippen LogP contribution is 2.32. The maximum absolute atomic E-state index is 11.4. The molecule has 0 aliphatic rings. The summed E-state index contributed by atoms with van der Waals surface area (Å²) in [7, 11) is 2.00. The zero-order valence-corrected chi connectivity index (χ0v) is 16.1. The molecule has 30 heavy (non-hydrogen) atoms. The minimum atomic E-state index is -1.07. The molecule has 0 bridgehead atoms. The number of nitro groups is 1.